The van der Waals surface area contributed by atoms with E-state index in [1.807, 2.05) is 10.8 Å². The van der Waals surface area contributed by atoms with Gasteiger partial charge < -0.3 is 4.57 Å². The predicted molar refractivity (Wildman–Crippen MR) is 54.2 cm³/mol. The van der Waals surface area contributed by atoms with Crippen molar-refractivity contribution >= 4 is 0 Å². The molecule has 1 heterocycles. The van der Waals surface area contributed by atoms with Crippen LogP contribution < -0.4 is 0 Å². The molecular weight excluding hydrogens is 160 g/mol. The maximum absolute atomic E-state index is 4.01. The topological polar surface area (TPSA) is 17.8 Å². The third kappa shape index (κ3) is 2.62. The minimum absolute atomic E-state index is 0.152. The average Bonchev–Trinajstić information content (AvgIpc) is 2.53. The van der Waals surface area contributed by atoms with Crippen molar-refractivity contribution in [2.45, 2.75) is 33.2 Å². The Bertz CT molecular complexity index is 310. The molecule has 0 radical (unpaired) electrons. The maximum Gasteiger partial charge on any atom is 0.101 e. The molecule has 0 saturated heterocycles. The van der Waals surface area contributed by atoms with Crippen LogP contribution in [0.1, 0.15) is 27.7 Å². The van der Waals surface area contributed by atoms with Gasteiger partial charge in [-0.1, -0.05) is 25.7 Å². The second kappa shape index (κ2) is 3.66. The van der Waals surface area contributed by atoms with Gasteiger partial charge in [0, 0.05) is 18.3 Å². The average molecular weight is 176 g/mol. The Balaban J connectivity index is 2.86. The molecule has 1 aromatic heterocycles. The summed E-state index contributed by atoms with van der Waals surface area (Å²) in [4.78, 5) is 4.01. The van der Waals surface area contributed by atoms with E-state index in [2.05, 4.69) is 44.5 Å². The van der Waals surface area contributed by atoms with Crippen LogP contribution in [0.25, 0.3) is 0 Å². The van der Waals surface area contributed by atoms with Crippen LogP contribution in [0.5, 0.6) is 0 Å². The van der Waals surface area contributed by atoms with Gasteiger partial charge >= 0.3 is 0 Å². The highest BCUT2D eigenvalue weighted by Gasteiger charge is 2.15. The molecule has 1 aromatic rings. The van der Waals surface area contributed by atoms with Crippen LogP contribution in [0, 0.1) is 17.8 Å². The number of nitrogens with zero attached hydrogens (tertiary/aromatic N) is 2. The second-order valence-corrected chi connectivity index (χ2v) is 3.95. The van der Waals surface area contributed by atoms with Gasteiger partial charge in [-0.2, -0.15) is 0 Å². The SMILES string of the molecule is CC(C)C#CC(C)(C)n1ccnc1. The van der Waals surface area contributed by atoms with Crippen LogP contribution in [0.15, 0.2) is 18.7 Å². The molecule has 0 aliphatic carbocycles. The molecule has 13 heavy (non-hydrogen) atoms. The molecule has 70 valence electrons. The molecule has 0 atom stereocenters. The molecule has 0 aliphatic heterocycles. The molecule has 0 unspecified atom stereocenters. The van der Waals surface area contributed by atoms with Gasteiger partial charge in [0.1, 0.15) is 5.54 Å². The van der Waals surface area contributed by atoms with Gasteiger partial charge in [0.25, 0.3) is 0 Å². The molecule has 0 bridgehead atoms. The fourth-order valence-electron chi connectivity index (χ4n) is 0.975. The third-order valence-corrected chi connectivity index (χ3v) is 1.82. The summed E-state index contributed by atoms with van der Waals surface area (Å²) in [5, 5.41) is 0. The molecule has 0 spiro atoms. The van der Waals surface area contributed by atoms with Crippen LogP contribution >= 0.6 is 0 Å². The maximum atomic E-state index is 4.01. The molecule has 0 fully saturated rings. The van der Waals surface area contributed by atoms with Crippen molar-refractivity contribution in [3.63, 3.8) is 0 Å². The van der Waals surface area contributed by atoms with E-state index in [1.54, 1.807) is 12.5 Å². The van der Waals surface area contributed by atoms with E-state index in [4.69, 9.17) is 0 Å². The van der Waals surface area contributed by atoms with Crippen molar-refractivity contribution in [3.8, 4) is 11.8 Å². The zero-order chi connectivity index (χ0) is 9.90. The Hall–Kier alpha value is -1.23. The first-order chi connectivity index (χ1) is 6.02. The lowest BCUT2D eigenvalue weighted by atomic mass is 10.1. The Labute approximate surface area is 80.0 Å². The molecule has 0 aliphatic rings. The van der Waals surface area contributed by atoms with E-state index < -0.39 is 0 Å². The largest absolute Gasteiger partial charge is 0.321 e. The fourth-order valence-corrected chi connectivity index (χ4v) is 0.975. The zero-order valence-electron chi connectivity index (χ0n) is 8.70. The molecule has 0 aromatic carbocycles. The van der Waals surface area contributed by atoms with Gasteiger partial charge in [-0.15, -0.1) is 0 Å². The van der Waals surface area contributed by atoms with Gasteiger partial charge in [0.15, 0.2) is 0 Å². The van der Waals surface area contributed by atoms with Crippen molar-refractivity contribution < 1.29 is 0 Å². The summed E-state index contributed by atoms with van der Waals surface area (Å²) in [5.41, 5.74) is -0.152. The lowest BCUT2D eigenvalue weighted by molar-refractivity contribution is 0.473. The van der Waals surface area contributed by atoms with E-state index in [9.17, 15) is 0 Å². The summed E-state index contributed by atoms with van der Waals surface area (Å²) in [7, 11) is 0. The summed E-state index contributed by atoms with van der Waals surface area (Å²) >= 11 is 0. The van der Waals surface area contributed by atoms with Crippen LogP contribution in [-0.2, 0) is 5.54 Å². The van der Waals surface area contributed by atoms with Crippen LogP contribution in [0.3, 0.4) is 0 Å². The molecule has 0 amide bonds. The molecule has 0 N–H and O–H groups in total. The zero-order valence-corrected chi connectivity index (χ0v) is 8.70. The van der Waals surface area contributed by atoms with E-state index in [0.29, 0.717) is 5.92 Å². The summed E-state index contributed by atoms with van der Waals surface area (Å²) in [6.45, 7) is 8.36. The Morgan fingerprint density at radius 2 is 2.08 bits per heavy atom. The summed E-state index contributed by atoms with van der Waals surface area (Å²) in [6, 6.07) is 0. The van der Waals surface area contributed by atoms with Gasteiger partial charge in [0.2, 0.25) is 0 Å². The fraction of sp³-hybridized carbons (Fsp3) is 0.545. The van der Waals surface area contributed by atoms with E-state index in [1.165, 1.54) is 0 Å². The predicted octanol–water partition coefficient (Wildman–Crippen LogP) is 2.28. The van der Waals surface area contributed by atoms with Crippen molar-refractivity contribution in [2.75, 3.05) is 0 Å². The smallest absolute Gasteiger partial charge is 0.101 e. The van der Waals surface area contributed by atoms with Gasteiger partial charge in [-0.3, -0.25) is 0 Å². The molecule has 0 saturated carbocycles. The van der Waals surface area contributed by atoms with Gasteiger partial charge in [0.05, 0.1) is 6.33 Å². The van der Waals surface area contributed by atoms with Gasteiger partial charge in [-0.25, -0.2) is 4.98 Å². The highest BCUT2D eigenvalue weighted by atomic mass is 15.1. The summed E-state index contributed by atoms with van der Waals surface area (Å²) in [6.07, 6.45) is 5.52. The normalized spacial score (nSPS) is 11.2. The number of imidazole rings is 1. The first-order valence-corrected chi connectivity index (χ1v) is 4.53. The Morgan fingerprint density at radius 1 is 1.38 bits per heavy atom. The molecule has 2 heteroatoms. The monoisotopic (exact) mass is 176 g/mol. The van der Waals surface area contributed by atoms with Crippen molar-refractivity contribution in [1.82, 2.24) is 9.55 Å². The number of aromatic nitrogens is 2. The molecule has 2 nitrogen and oxygen atoms in total. The van der Waals surface area contributed by atoms with Crippen molar-refractivity contribution in [3.05, 3.63) is 18.7 Å². The van der Waals surface area contributed by atoms with Crippen LogP contribution in [0.4, 0.5) is 0 Å². The highest BCUT2D eigenvalue weighted by Crippen LogP contribution is 2.12. The summed E-state index contributed by atoms with van der Waals surface area (Å²) in [5.74, 6) is 6.83. The van der Waals surface area contributed by atoms with E-state index in [-0.39, 0.29) is 5.54 Å². The van der Waals surface area contributed by atoms with Crippen LogP contribution in [0.2, 0.25) is 0 Å². The summed E-state index contributed by atoms with van der Waals surface area (Å²) < 4.78 is 2.02. The quantitative estimate of drug-likeness (QED) is 0.600. The highest BCUT2D eigenvalue weighted by molar-refractivity contribution is 5.14. The number of hydrogen-bond donors (Lipinski definition) is 0. The van der Waals surface area contributed by atoms with E-state index >= 15 is 0 Å². The second-order valence-electron chi connectivity index (χ2n) is 3.95. The third-order valence-electron chi connectivity index (χ3n) is 1.82. The first kappa shape index (κ1) is 9.85. The van der Waals surface area contributed by atoms with Gasteiger partial charge in [-0.05, 0) is 13.8 Å². The van der Waals surface area contributed by atoms with E-state index in [0.717, 1.165) is 0 Å². The standard InChI is InChI=1S/C11H16N2/c1-10(2)5-6-11(3,4)13-8-7-12-9-13/h7-10H,1-4H3. The first-order valence-electron chi connectivity index (χ1n) is 4.53. The lowest BCUT2D eigenvalue weighted by Gasteiger charge is -2.19. The van der Waals surface area contributed by atoms with Crippen molar-refractivity contribution in [2.24, 2.45) is 5.92 Å². The Morgan fingerprint density at radius 3 is 2.54 bits per heavy atom. The minimum atomic E-state index is -0.152. The number of rotatable bonds is 1. The van der Waals surface area contributed by atoms with Crippen molar-refractivity contribution in [1.29, 1.82) is 0 Å². The lowest BCUT2D eigenvalue weighted by Crippen LogP contribution is -2.22. The Kier molecular flexibility index (Phi) is 2.77. The minimum Gasteiger partial charge on any atom is -0.321 e. The number of hydrogen-bond acceptors (Lipinski definition) is 1. The van der Waals surface area contributed by atoms with Crippen LogP contribution in [-0.4, -0.2) is 9.55 Å². The molecular formula is C11H16N2. The molecule has 1 rings (SSSR count).